The first kappa shape index (κ1) is 12.5. The molecule has 1 unspecified atom stereocenters. The Hall–Kier alpha value is -0.940. The molecule has 0 saturated carbocycles. The molecule has 1 heterocycles. The second-order valence-electron chi connectivity index (χ2n) is 3.76. The second-order valence-corrected chi connectivity index (χ2v) is 5.29. The first-order valence-electron chi connectivity index (χ1n) is 5.08. The zero-order valence-electron chi connectivity index (χ0n) is 9.21. The van der Waals surface area contributed by atoms with Gasteiger partial charge in [0.05, 0.1) is 11.1 Å². The molecular formula is C12H12ClFN2S. The fourth-order valence-electron chi connectivity index (χ4n) is 1.69. The molecule has 0 fully saturated rings. The number of halogens is 2. The Labute approximate surface area is 108 Å². The molecule has 5 heteroatoms. The summed E-state index contributed by atoms with van der Waals surface area (Å²) in [5, 5.41) is 2.13. The van der Waals surface area contributed by atoms with Crippen LogP contribution in [0.1, 0.15) is 22.0 Å². The quantitative estimate of drug-likeness (QED) is 0.663. The summed E-state index contributed by atoms with van der Waals surface area (Å²) >= 11 is 7.41. The summed E-state index contributed by atoms with van der Waals surface area (Å²) in [6.07, 6.45) is 0. The van der Waals surface area contributed by atoms with Gasteiger partial charge in [-0.15, -0.1) is 11.3 Å². The van der Waals surface area contributed by atoms with E-state index in [9.17, 15) is 4.39 Å². The van der Waals surface area contributed by atoms with Gasteiger partial charge in [-0.05, 0) is 41.6 Å². The predicted molar refractivity (Wildman–Crippen MR) is 69.6 cm³/mol. The molecule has 2 aromatic rings. The average Bonchev–Trinajstić information content (AvgIpc) is 2.71. The third-order valence-corrected chi connectivity index (χ3v) is 3.70. The molecule has 0 aliphatic carbocycles. The first-order valence-corrected chi connectivity index (χ1v) is 6.33. The number of nitrogens with two attached hydrogens (primary N) is 1. The highest BCUT2D eigenvalue weighted by molar-refractivity contribution is 7.10. The van der Waals surface area contributed by atoms with E-state index in [0.29, 0.717) is 0 Å². The van der Waals surface area contributed by atoms with Crippen molar-refractivity contribution in [2.24, 2.45) is 5.84 Å². The Bertz CT molecular complexity index is 527. The molecule has 0 saturated heterocycles. The van der Waals surface area contributed by atoms with E-state index in [4.69, 9.17) is 17.4 Å². The van der Waals surface area contributed by atoms with E-state index in [1.807, 2.05) is 18.4 Å². The van der Waals surface area contributed by atoms with E-state index in [-0.39, 0.29) is 11.1 Å². The standard InChI is InChI=1S/C12H12ClFN2S/c1-7-4-9(6-17-7)12(16-15)8-2-3-11(14)10(13)5-8/h2-6,12,16H,15H2,1H3. The van der Waals surface area contributed by atoms with Gasteiger partial charge in [0.25, 0.3) is 0 Å². The molecule has 0 bridgehead atoms. The molecule has 17 heavy (non-hydrogen) atoms. The molecule has 1 aromatic carbocycles. The lowest BCUT2D eigenvalue weighted by atomic mass is 10.0. The predicted octanol–water partition coefficient (Wildman–Crippen LogP) is 3.40. The molecule has 1 atom stereocenters. The largest absolute Gasteiger partial charge is 0.271 e. The van der Waals surface area contributed by atoms with Gasteiger partial charge in [-0.3, -0.25) is 5.84 Å². The van der Waals surface area contributed by atoms with Crippen LogP contribution >= 0.6 is 22.9 Å². The molecule has 90 valence electrons. The van der Waals surface area contributed by atoms with E-state index in [2.05, 4.69) is 5.43 Å². The number of aryl methyl sites for hydroxylation is 1. The molecule has 1 aromatic heterocycles. The Morgan fingerprint density at radius 3 is 2.65 bits per heavy atom. The van der Waals surface area contributed by atoms with Crippen molar-refractivity contribution in [1.82, 2.24) is 5.43 Å². The van der Waals surface area contributed by atoms with Crippen molar-refractivity contribution in [2.75, 3.05) is 0 Å². The average molecular weight is 271 g/mol. The van der Waals surface area contributed by atoms with Gasteiger partial charge in [0, 0.05) is 4.88 Å². The van der Waals surface area contributed by atoms with E-state index < -0.39 is 5.82 Å². The van der Waals surface area contributed by atoms with Crippen LogP contribution in [0.2, 0.25) is 5.02 Å². The molecule has 2 rings (SSSR count). The minimum Gasteiger partial charge on any atom is -0.271 e. The van der Waals surface area contributed by atoms with Crippen LogP contribution in [0.3, 0.4) is 0 Å². The third-order valence-electron chi connectivity index (χ3n) is 2.53. The maximum atomic E-state index is 13.1. The van der Waals surface area contributed by atoms with Crippen LogP contribution in [-0.2, 0) is 0 Å². The van der Waals surface area contributed by atoms with Gasteiger partial charge in [0.2, 0.25) is 0 Å². The van der Waals surface area contributed by atoms with Crippen molar-refractivity contribution in [3.05, 3.63) is 56.5 Å². The van der Waals surface area contributed by atoms with Crippen LogP contribution in [0.15, 0.2) is 29.6 Å². The Morgan fingerprint density at radius 2 is 2.12 bits per heavy atom. The summed E-state index contributed by atoms with van der Waals surface area (Å²) in [5.74, 6) is 5.13. The minimum atomic E-state index is -0.423. The number of hydrogen-bond donors (Lipinski definition) is 2. The van der Waals surface area contributed by atoms with Gasteiger partial charge < -0.3 is 0 Å². The first-order chi connectivity index (χ1) is 8.11. The highest BCUT2D eigenvalue weighted by Gasteiger charge is 2.15. The van der Waals surface area contributed by atoms with Crippen LogP contribution in [-0.4, -0.2) is 0 Å². The van der Waals surface area contributed by atoms with Crippen molar-refractivity contribution < 1.29 is 4.39 Å². The number of hydrogen-bond acceptors (Lipinski definition) is 3. The van der Waals surface area contributed by atoms with Crippen molar-refractivity contribution >= 4 is 22.9 Å². The van der Waals surface area contributed by atoms with E-state index in [1.54, 1.807) is 23.5 Å². The summed E-state index contributed by atoms with van der Waals surface area (Å²) < 4.78 is 13.1. The SMILES string of the molecule is Cc1cc(C(NN)c2ccc(F)c(Cl)c2)cs1. The van der Waals surface area contributed by atoms with Crippen LogP contribution in [0.25, 0.3) is 0 Å². The number of hydrazine groups is 1. The number of thiophene rings is 1. The van der Waals surface area contributed by atoms with Gasteiger partial charge in [-0.1, -0.05) is 17.7 Å². The number of benzene rings is 1. The topological polar surface area (TPSA) is 38.0 Å². The van der Waals surface area contributed by atoms with E-state index in [1.165, 1.54) is 10.9 Å². The Balaban J connectivity index is 2.38. The van der Waals surface area contributed by atoms with Crippen molar-refractivity contribution in [3.63, 3.8) is 0 Å². The molecule has 0 amide bonds. The van der Waals surface area contributed by atoms with Crippen LogP contribution in [0.5, 0.6) is 0 Å². The van der Waals surface area contributed by atoms with Crippen molar-refractivity contribution in [1.29, 1.82) is 0 Å². The van der Waals surface area contributed by atoms with Crippen molar-refractivity contribution in [2.45, 2.75) is 13.0 Å². The Morgan fingerprint density at radius 1 is 1.35 bits per heavy atom. The molecule has 0 spiro atoms. The molecule has 3 N–H and O–H groups in total. The molecule has 0 aliphatic heterocycles. The fourth-order valence-corrected chi connectivity index (χ4v) is 2.61. The zero-order chi connectivity index (χ0) is 12.4. The smallest absolute Gasteiger partial charge is 0.141 e. The van der Waals surface area contributed by atoms with Gasteiger partial charge >= 0.3 is 0 Å². The second kappa shape index (κ2) is 5.14. The highest BCUT2D eigenvalue weighted by atomic mass is 35.5. The molecule has 0 aliphatic rings. The molecule has 2 nitrogen and oxygen atoms in total. The van der Waals surface area contributed by atoms with Crippen LogP contribution < -0.4 is 11.3 Å². The maximum absolute atomic E-state index is 13.1. The monoisotopic (exact) mass is 270 g/mol. The van der Waals surface area contributed by atoms with E-state index in [0.717, 1.165) is 11.1 Å². The lowest BCUT2D eigenvalue weighted by molar-refractivity contribution is 0.616. The lowest BCUT2D eigenvalue weighted by Crippen LogP contribution is -2.28. The highest BCUT2D eigenvalue weighted by Crippen LogP contribution is 2.28. The summed E-state index contributed by atoms with van der Waals surface area (Å²) in [6.45, 7) is 2.03. The van der Waals surface area contributed by atoms with Crippen LogP contribution in [0.4, 0.5) is 4.39 Å². The lowest BCUT2D eigenvalue weighted by Gasteiger charge is -2.15. The fraction of sp³-hybridized carbons (Fsp3) is 0.167. The number of rotatable bonds is 3. The van der Waals surface area contributed by atoms with Crippen molar-refractivity contribution in [3.8, 4) is 0 Å². The van der Waals surface area contributed by atoms with Gasteiger partial charge in [-0.2, -0.15) is 0 Å². The van der Waals surface area contributed by atoms with E-state index >= 15 is 0 Å². The third kappa shape index (κ3) is 2.66. The molecule has 0 radical (unpaired) electrons. The minimum absolute atomic E-state index is 0.106. The zero-order valence-corrected chi connectivity index (χ0v) is 10.8. The van der Waals surface area contributed by atoms with Gasteiger partial charge in [-0.25, -0.2) is 9.82 Å². The van der Waals surface area contributed by atoms with Gasteiger partial charge in [0.1, 0.15) is 5.82 Å². The normalized spacial score (nSPS) is 12.7. The molecular weight excluding hydrogens is 259 g/mol. The summed E-state index contributed by atoms with van der Waals surface area (Å²) in [4.78, 5) is 1.20. The maximum Gasteiger partial charge on any atom is 0.141 e. The van der Waals surface area contributed by atoms with Gasteiger partial charge in [0.15, 0.2) is 0 Å². The summed E-state index contributed by atoms with van der Waals surface area (Å²) in [7, 11) is 0. The summed E-state index contributed by atoms with van der Waals surface area (Å²) in [6, 6.07) is 6.50. The Kier molecular flexibility index (Phi) is 3.79. The summed E-state index contributed by atoms with van der Waals surface area (Å²) in [5.41, 5.74) is 4.62. The van der Waals surface area contributed by atoms with Crippen LogP contribution in [0, 0.1) is 12.7 Å². The number of nitrogens with one attached hydrogen (secondary N) is 1.